The van der Waals surface area contributed by atoms with Crippen molar-refractivity contribution in [3.05, 3.63) is 0 Å². The molecule has 0 radical (unpaired) electrons. The Morgan fingerprint density at radius 2 is 1.39 bits per heavy atom. The number of hydrogen-bond acceptors (Lipinski definition) is 4. The molecule has 0 amide bonds. The van der Waals surface area contributed by atoms with E-state index in [-0.39, 0.29) is 6.61 Å². The predicted molar refractivity (Wildman–Crippen MR) is 97.1 cm³/mol. The molecular formula is C20H30F4O4. The van der Waals surface area contributed by atoms with Crippen molar-refractivity contribution in [3.8, 4) is 11.8 Å². The van der Waals surface area contributed by atoms with Crippen molar-refractivity contribution in [1.82, 2.24) is 0 Å². The fraction of sp³-hybridized carbons (Fsp3) is 0.800. The lowest BCUT2D eigenvalue weighted by Crippen LogP contribution is -2.33. The lowest BCUT2D eigenvalue weighted by molar-refractivity contribution is -0.180. The molecule has 0 aromatic carbocycles. The first-order chi connectivity index (χ1) is 13.3. The van der Waals surface area contributed by atoms with Gasteiger partial charge in [-0.25, -0.2) is 8.78 Å². The number of ether oxygens (including phenoxy) is 2. The second-order valence-electron chi connectivity index (χ2n) is 6.46. The lowest BCUT2D eigenvalue weighted by atomic mass is 10.1. The van der Waals surface area contributed by atoms with Gasteiger partial charge < -0.3 is 9.47 Å². The Balaban J connectivity index is 3.63. The number of unbranched alkanes of at least 4 members (excludes halogenated alkanes) is 8. The summed E-state index contributed by atoms with van der Waals surface area (Å²) in [6, 6.07) is 0. The molecule has 0 saturated heterocycles. The van der Waals surface area contributed by atoms with E-state index in [4.69, 9.17) is 4.74 Å². The number of hydrogen-bond donors (Lipinski definition) is 0. The molecule has 0 saturated carbocycles. The van der Waals surface area contributed by atoms with Crippen molar-refractivity contribution in [1.29, 1.82) is 0 Å². The monoisotopic (exact) mass is 410 g/mol. The van der Waals surface area contributed by atoms with E-state index in [0.29, 0.717) is 0 Å². The van der Waals surface area contributed by atoms with E-state index < -0.39 is 43.7 Å². The predicted octanol–water partition coefficient (Wildman–Crippen LogP) is 5.29. The maximum absolute atomic E-state index is 12.6. The van der Waals surface area contributed by atoms with Crippen LogP contribution in [0.2, 0.25) is 0 Å². The van der Waals surface area contributed by atoms with Gasteiger partial charge >= 0.3 is 24.3 Å². The fourth-order valence-electron chi connectivity index (χ4n) is 2.19. The first kappa shape index (κ1) is 26.2. The SMILES string of the molecule is CCCCCCCCCCC#CCOC(=O)CCC(=O)OCC(F)(F)C(F)F. The van der Waals surface area contributed by atoms with Gasteiger partial charge in [-0.15, -0.1) is 0 Å². The van der Waals surface area contributed by atoms with Crippen LogP contribution < -0.4 is 0 Å². The average molecular weight is 410 g/mol. The van der Waals surface area contributed by atoms with Crippen LogP contribution in [0, 0.1) is 11.8 Å². The van der Waals surface area contributed by atoms with Crippen molar-refractivity contribution in [2.24, 2.45) is 0 Å². The van der Waals surface area contributed by atoms with Crippen LogP contribution >= 0.6 is 0 Å². The van der Waals surface area contributed by atoms with Crippen LogP contribution in [-0.2, 0) is 19.1 Å². The standard InChI is InChI=1S/C20H30F4O4/c1-2-3-4-5-6-7-8-9-10-11-12-15-27-17(25)13-14-18(26)28-16-20(23,24)19(21)22/h19H,2-10,13-16H2,1H3. The van der Waals surface area contributed by atoms with Crippen LogP contribution in [0.3, 0.4) is 0 Å². The molecule has 0 aromatic rings. The van der Waals surface area contributed by atoms with Crippen LogP contribution in [0.1, 0.15) is 77.6 Å². The van der Waals surface area contributed by atoms with Crippen LogP contribution in [0.25, 0.3) is 0 Å². The third kappa shape index (κ3) is 15.3. The first-order valence-electron chi connectivity index (χ1n) is 9.72. The Kier molecular flexibility index (Phi) is 15.2. The van der Waals surface area contributed by atoms with Gasteiger partial charge in [0.15, 0.2) is 13.2 Å². The van der Waals surface area contributed by atoms with Gasteiger partial charge in [-0.1, -0.05) is 63.7 Å². The molecule has 0 spiro atoms. The summed E-state index contributed by atoms with van der Waals surface area (Å²) in [5.41, 5.74) is 0. The highest BCUT2D eigenvalue weighted by atomic mass is 19.3. The van der Waals surface area contributed by atoms with E-state index >= 15 is 0 Å². The van der Waals surface area contributed by atoms with Gasteiger partial charge in [0.2, 0.25) is 0 Å². The Morgan fingerprint density at radius 3 is 1.96 bits per heavy atom. The molecule has 0 aromatic heterocycles. The molecule has 0 bridgehead atoms. The molecule has 0 heterocycles. The highest BCUT2D eigenvalue weighted by Crippen LogP contribution is 2.23. The Bertz CT molecular complexity index is 498. The molecule has 0 unspecified atom stereocenters. The molecule has 28 heavy (non-hydrogen) atoms. The summed E-state index contributed by atoms with van der Waals surface area (Å²) in [5.74, 6) is -0.728. The fourth-order valence-corrected chi connectivity index (χ4v) is 2.19. The van der Waals surface area contributed by atoms with Gasteiger partial charge in [-0.2, -0.15) is 8.78 Å². The van der Waals surface area contributed by atoms with E-state index in [2.05, 4.69) is 23.5 Å². The quantitative estimate of drug-likeness (QED) is 0.159. The maximum Gasteiger partial charge on any atom is 0.340 e. The Morgan fingerprint density at radius 1 is 0.857 bits per heavy atom. The highest BCUT2D eigenvalue weighted by molar-refractivity contribution is 5.77. The molecule has 162 valence electrons. The zero-order valence-electron chi connectivity index (χ0n) is 16.4. The molecule has 0 fully saturated rings. The number of halogens is 4. The minimum atomic E-state index is -4.40. The zero-order chi connectivity index (χ0) is 21.3. The summed E-state index contributed by atoms with van der Waals surface area (Å²) >= 11 is 0. The van der Waals surface area contributed by atoms with E-state index in [1.54, 1.807) is 0 Å². The van der Waals surface area contributed by atoms with E-state index in [1.165, 1.54) is 38.5 Å². The zero-order valence-corrected chi connectivity index (χ0v) is 16.4. The van der Waals surface area contributed by atoms with Gasteiger partial charge in [-0.05, 0) is 6.42 Å². The van der Waals surface area contributed by atoms with Gasteiger partial charge in [0, 0.05) is 6.42 Å². The summed E-state index contributed by atoms with van der Waals surface area (Å²) < 4.78 is 57.7. The number of carbonyl (C=O) groups is 2. The second-order valence-corrected chi connectivity index (χ2v) is 6.46. The molecule has 0 aliphatic carbocycles. The summed E-state index contributed by atoms with van der Waals surface area (Å²) in [5, 5.41) is 0. The van der Waals surface area contributed by atoms with E-state index in [0.717, 1.165) is 19.3 Å². The van der Waals surface area contributed by atoms with Gasteiger partial charge in [0.25, 0.3) is 0 Å². The number of esters is 2. The minimum Gasteiger partial charge on any atom is -0.459 e. The van der Waals surface area contributed by atoms with Crippen molar-refractivity contribution in [2.75, 3.05) is 13.2 Å². The molecule has 0 aliphatic heterocycles. The van der Waals surface area contributed by atoms with Gasteiger partial charge in [0.1, 0.15) is 0 Å². The topological polar surface area (TPSA) is 52.6 Å². The molecule has 0 aliphatic rings. The third-order valence-electron chi connectivity index (χ3n) is 3.86. The summed E-state index contributed by atoms with van der Waals surface area (Å²) in [6.07, 6.45) is 5.53. The summed E-state index contributed by atoms with van der Waals surface area (Å²) in [6.45, 7) is 0.352. The summed E-state index contributed by atoms with van der Waals surface area (Å²) in [7, 11) is 0. The Labute approximate surface area is 164 Å². The molecule has 0 atom stereocenters. The molecule has 4 nitrogen and oxygen atoms in total. The van der Waals surface area contributed by atoms with Crippen molar-refractivity contribution in [2.45, 2.75) is 89.9 Å². The smallest absolute Gasteiger partial charge is 0.340 e. The van der Waals surface area contributed by atoms with Crippen LogP contribution in [0.4, 0.5) is 17.6 Å². The third-order valence-corrected chi connectivity index (χ3v) is 3.86. The normalized spacial score (nSPS) is 11.1. The lowest BCUT2D eigenvalue weighted by Gasteiger charge is -2.14. The van der Waals surface area contributed by atoms with Crippen molar-refractivity contribution < 1.29 is 36.6 Å². The maximum atomic E-state index is 12.6. The first-order valence-corrected chi connectivity index (χ1v) is 9.72. The summed E-state index contributed by atoms with van der Waals surface area (Å²) in [4.78, 5) is 22.5. The highest BCUT2D eigenvalue weighted by Gasteiger charge is 2.42. The average Bonchev–Trinajstić information content (AvgIpc) is 2.65. The van der Waals surface area contributed by atoms with Crippen LogP contribution in [0.15, 0.2) is 0 Å². The van der Waals surface area contributed by atoms with Crippen LogP contribution in [0.5, 0.6) is 0 Å². The molecular weight excluding hydrogens is 380 g/mol. The molecule has 8 heteroatoms. The Hall–Kier alpha value is -1.78. The largest absolute Gasteiger partial charge is 0.459 e. The van der Waals surface area contributed by atoms with Crippen LogP contribution in [-0.4, -0.2) is 37.5 Å². The van der Waals surface area contributed by atoms with Gasteiger partial charge in [0.05, 0.1) is 12.8 Å². The van der Waals surface area contributed by atoms with E-state index in [9.17, 15) is 27.2 Å². The van der Waals surface area contributed by atoms with Gasteiger partial charge in [-0.3, -0.25) is 9.59 Å². The van der Waals surface area contributed by atoms with Crippen molar-refractivity contribution >= 4 is 11.9 Å². The minimum absolute atomic E-state index is 0.117. The number of alkyl halides is 4. The van der Waals surface area contributed by atoms with Crippen molar-refractivity contribution in [3.63, 3.8) is 0 Å². The number of rotatable bonds is 15. The molecule has 0 N–H and O–H groups in total. The number of carbonyl (C=O) groups excluding carboxylic acids is 2. The molecule has 0 rings (SSSR count). The second kappa shape index (κ2) is 16.2. The van der Waals surface area contributed by atoms with E-state index in [1.807, 2.05) is 0 Å².